The Bertz CT molecular complexity index is 430. The molecule has 0 heterocycles. The van der Waals surface area contributed by atoms with Crippen molar-refractivity contribution < 1.29 is 23.0 Å². The van der Waals surface area contributed by atoms with Gasteiger partial charge in [0.1, 0.15) is 5.75 Å². The molecule has 1 amide bonds. The lowest BCUT2D eigenvalue weighted by molar-refractivity contribution is -0.0501. The quantitative estimate of drug-likeness (QED) is 0.758. The van der Waals surface area contributed by atoms with E-state index in [1.165, 1.54) is 25.3 Å². The number of rotatable bonds is 8. The van der Waals surface area contributed by atoms with E-state index in [1.54, 1.807) is 6.07 Å². The molecule has 1 aromatic rings. The van der Waals surface area contributed by atoms with Gasteiger partial charge >= 0.3 is 6.61 Å². The number of para-hydroxylation sites is 1. The average molecular weight is 288 g/mol. The molecule has 112 valence electrons. The summed E-state index contributed by atoms with van der Waals surface area (Å²) in [6.45, 7) is -2.26. The Balaban J connectivity index is 2.55. The first-order valence-electron chi connectivity index (χ1n) is 6.11. The molecule has 20 heavy (non-hydrogen) atoms. The van der Waals surface area contributed by atoms with Gasteiger partial charge in [0.2, 0.25) is 0 Å². The van der Waals surface area contributed by atoms with E-state index < -0.39 is 12.5 Å². The monoisotopic (exact) mass is 288 g/mol. The van der Waals surface area contributed by atoms with Crippen LogP contribution >= 0.6 is 0 Å². The van der Waals surface area contributed by atoms with Gasteiger partial charge in [0.05, 0.1) is 12.2 Å². The van der Waals surface area contributed by atoms with Gasteiger partial charge in [-0.05, 0) is 18.6 Å². The molecule has 0 fully saturated rings. The Kier molecular flexibility index (Phi) is 6.89. The summed E-state index contributed by atoms with van der Waals surface area (Å²) in [5.74, 6) is -0.632. The van der Waals surface area contributed by atoms with Crippen LogP contribution < -0.4 is 15.8 Å². The predicted molar refractivity (Wildman–Crippen MR) is 69.9 cm³/mol. The Labute approximate surface area is 116 Å². The van der Waals surface area contributed by atoms with Crippen LogP contribution in [0.4, 0.5) is 8.78 Å². The van der Waals surface area contributed by atoms with Crippen molar-refractivity contribution in [3.8, 4) is 5.75 Å². The van der Waals surface area contributed by atoms with Crippen molar-refractivity contribution in [1.82, 2.24) is 5.32 Å². The Morgan fingerprint density at radius 2 is 2.10 bits per heavy atom. The summed E-state index contributed by atoms with van der Waals surface area (Å²) in [7, 11) is 1.54. The van der Waals surface area contributed by atoms with Crippen LogP contribution in [-0.4, -0.2) is 38.8 Å². The summed E-state index contributed by atoms with van der Waals surface area (Å²) in [6.07, 6.45) is 0.525. The number of carbonyl (C=O) groups excluding carboxylic acids is 1. The molecule has 0 aromatic heterocycles. The molecule has 0 saturated carbocycles. The van der Waals surface area contributed by atoms with Crippen LogP contribution in [0.1, 0.15) is 16.8 Å². The molecular formula is C13H18F2N2O3. The van der Waals surface area contributed by atoms with E-state index in [0.29, 0.717) is 19.6 Å². The highest BCUT2D eigenvalue weighted by atomic mass is 19.3. The Morgan fingerprint density at radius 3 is 2.75 bits per heavy atom. The van der Waals surface area contributed by atoms with E-state index >= 15 is 0 Å². The van der Waals surface area contributed by atoms with Gasteiger partial charge in [-0.3, -0.25) is 4.79 Å². The summed E-state index contributed by atoms with van der Waals surface area (Å²) in [5, 5.41) is 2.60. The summed E-state index contributed by atoms with van der Waals surface area (Å²) in [5.41, 5.74) is 5.77. The molecular weight excluding hydrogens is 270 g/mol. The largest absolute Gasteiger partial charge is 0.434 e. The average Bonchev–Trinajstić information content (AvgIpc) is 2.38. The van der Waals surface area contributed by atoms with Crippen LogP contribution in [0.25, 0.3) is 0 Å². The molecule has 1 unspecified atom stereocenters. The van der Waals surface area contributed by atoms with Crippen molar-refractivity contribution >= 4 is 5.91 Å². The maximum Gasteiger partial charge on any atom is 0.387 e. The molecule has 0 saturated heterocycles. The third-order valence-electron chi connectivity index (χ3n) is 2.53. The second kappa shape index (κ2) is 8.44. The smallest absolute Gasteiger partial charge is 0.387 e. The fraction of sp³-hybridized carbons (Fsp3) is 0.462. The lowest BCUT2D eigenvalue weighted by atomic mass is 10.2. The molecule has 0 bridgehead atoms. The molecule has 0 aliphatic rings. The van der Waals surface area contributed by atoms with Crippen molar-refractivity contribution in [3.63, 3.8) is 0 Å². The van der Waals surface area contributed by atoms with Gasteiger partial charge in [-0.1, -0.05) is 12.1 Å². The molecule has 5 nitrogen and oxygen atoms in total. The number of amides is 1. The molecule has 1 rings (SSSR count). The molecule has 3 N–H and O–H groups in total. The molecule has 7 heteroatoms. The zero-order valence-electron chi connectivity index (χ0n) is 11.1. The highest BCUT2D eigenvalue weighted by Gasteiger charge is 2.15. The van der Waals surface area contributed by atoms with Crippen molar-refractivity contribution in [1.29, 1.82) is 0 Å². The fourth-order valence-corrected chi connectivity index (χ4v) is 1.62. The molecule has 0 radical (unpaired) electrons. The molecule has 1 aromatic carbocycles. The van der Waals surface area contributed by atoms with E-state index in [0.717, 1.165) is 0 Å². The predicted octanol–water partition coefficient (Wildman–Crippen LogP) is 1.38. The van der Waals surface area contributed by atoms with E-state index in [-0.39, 0.29) is 17.4 Å². The normalized spacial score (nSPS) is 12.2. The minimum atomic E-state index is -2.97. The summed E-state index contributed by atoms with van der Waals surface area (Å²) in [6, 6.07) is 5.64. The minimum Gasteiger partial charge on any atom is -0.434 e. The Morgan fingerprint density at radius 1 is 1.40 bits per heavy atom. The van der Waals surface area contributed by atoms with Crippen molar-refractivity contribution in [2.45, 2.75) is 19.1 Å². The number of nitrogens with one attached hydrogen (secondary N) is 1. The first-order chi connectivity index (χ1) is 9.54. The van der Waals surface area contributed by atoms with E-state index in [4.69, 9.17) is 10.5 Å². The third-order valence-corrected chi connectivity index (χ3v) is 2.53. The molecule has 1 atom stereocenters. The number of halogens is 2. The van der Waals surface area contributed by atoms with E-state index in [1.807, 2.05) is 0 Å². The van der Waals surface area contributed by atoms with Gasteiger partial charge in [0.25, 0.3) is 5.91 Å². The van der Waals surface area contributed by atoms with E-state index in [2.05, 4.69) is 10.1 Å². The lowest BCUT2D eigenvalue weighted by Crippen LogP contribution is -2.33. The van der Waals surface area contributed by atoms with Crippen LogP contribution in [0.2, 0.25) is 0 Å². The van der Waals surface area contributed by atoms with Crippen molar-refractivity contribution in [3.05, 3.63) is 29.8 Å². The number of methoxy groups -OCH3 is 1. The van der Waals surface area contributed by atoms with Gasteiger partial charge in [0.15, 0.2) is 0 Å². The summed E-state index contributed by atoms with van der Waals surface area (Å²) < 4.78 is 33.6. The van der Waals surface area contributed by atoms with Gasteiger partial charge in [-0.15, -0.1) is 0 Å². The second-order valence-corrected chi connectivity index (χ2v) is 4.13. The van der Waals surface area contributed by atoms with Gasteiger partial charge in [-0.2, -0.15) is 8.78 Å². The highest BCUT2D eigenvalue weighted by molar-refractivity contribution is 5.96. The number of benzene rings is 1. The number of alkyl halides is 2. The summed E-state index contributed by atoms with van der Waals surface area (Å²) >= 11 is 0. The number of carbonyl (C=O) groups is 1. The maximum absolute atomic E-state index is 12.2. The first-order valence-corrected chi connectivity index (χ1v) is 6.11. The number of hydrogen-bond acceptors (Lipinski definition) is 4. The second-order valence-electron chi connectivity index (χ2n) is 4.13. The first kappa shape index (κ1) is 16.3. The SMILES string of the molecule is COCC(N)CCNC(=O)c1ccccc1OC(F)F. The lowest BCUT2D eigenvalue weighted by Gasteiger charge is -2.13. The zero-order chi connectivity index (χ0) is 15.0. The van der Waals surface area contributed by atoms with Crippen molar-refractivity contribution in [2.24, 2.45) is 5.73 Å². The molecule has 0 aliphatic carbocycles. The van der Waals surface area contributed by atoms with Crippen LogP contribution in [-0.2, 0) is 4.74 Å². The zero-order valence-corrected chi connectivity index (χ0v) is 11.1. The fourth-order valence-electron chi connectivity index (χ4n) is 1.62. The highest BCUT2D eigenvalue weighted by Crippen LogP contribution is 2.19. The molecule has 0 aliphatic heterocycles. The third kappa shape index (κ3) is 5.50. The van der Waals surface area contributed by atoms with Gasteiger partial charge in [-0.25, -0.2) is 0 Å². The van der Waals surface area contributed by atoms with Gasteiger partial charge < -0.3 is 20.5 Å². The number of hydrogen-bond donors (Lipinski definition) is 2. The van der Waals surface area contributed by atoms with Crippen LogP contribution in [0.5, 0.6) is 5.75 Å². The minimum absolute atomic E-state index is 0.0631. The van der Waals surface area contributed by atoms with Gasteiger partial charge in [0, 0.05) is 19.7 Å². The molecule has 0 spiro atoms. The van der Waals surface area contributed by atoms with Crippen LogP contribution in [0.15, 0.2) is 24.3 Å². The standard InChI is InChI=1S/C13H18F2N2O3/c1-19-8-9(16)6-7-17-12(18)10-4-2-3-5-11(10)20-13(14)15/h2-5,9,13H,6-8,16H2,1H3,(H,17,18). The van der Waals surface area contributed by atoms with E-state index in [9.17, 15) is 13.6 Å². The van der Waals surface area contributed by atoms with Crippen molar-refractivity contribution in [2.75, 3.05) is 20.3 Å². The van der Waals surface area contributed by atoms with Crippen LogP contribution in [0.3, 0.4) is 0 Å². The maximum atomic E-state index is 12.2. The number of nitrogens with two attached hydrogens (primary N) is 1. The number of ether oxygens (including phenoxy) is 2. The topological polar surface area (TPSA) is 73.6 Å². The van der Waals surface area contributed by atoms with Crippen LogP contribution in [0, 0.1) is 0 Å². The summed E-state index contributed by atoms with van der Waals surface area (Å²) in [4.78, 5) is 11.9. The Hall–Kier alpha value is -1.73.